The number of carbonyl (C=O) groups is 1. The number of benzene rings is 3. The molecule has 3 N–H and O–H groups in total. The van der Waals surface area contributed by atoms with Gasteiger partial charge in [-0.3, -0.25) is 9.52 Å². The van der Waals surface area contributed by atoms with Crippen LogP contribution in [0.15, 0.2) is 77.8 Å². The molecule has 1 heterocycles. The quantitative estimate of drug-likeness (QED) is 0.364. The molecule has 7 nitrogen and oxygen atoms in total. The minimum absolute atomic E-state index is 0.102. The SMILES string of the molecule is COc1ccc(C(=O)NCCc2c[nH]c3ccccc23)cc1S(=O)(=O)Nc1ccc(C)cc1. The van der Waals surface area contributed by atoms with Gasteiger partial charge in [0.25, 0.3) is 15.9 Å². The molecular weight excluding hydrogens is 438 g/mol. The van der Waals surface area contributed by atoms with E-state index in [1.807, 2.05) is 49.5 Å². The van der Waals surface area contributed by atoms with E-state index >= 15 is 0 Å². The predicted molar refractivity (Wildman–Crippen MR) is 129 cm³/mol. The molecule has 4 rings (SSSR count). The zero-order valence-electron chi connectivity index (χ0n) is 18.4. The molecule has 0 bridgehead atoms. The number of methoxy groups -OCH3 is 1. The summed E-state index contributed by atoms with van der Waals surface area (Å²) in [6, 6.07) is 19.3. The van der Waals surface area contributed by atoms with Crippen molar-refractivity contribution in [3.05, 3.63) is 89.6 Å². The number of sulfonamides is 1. The van der Waals surface area contributed by atoms with Crippen LogP contribution in [0.2, 0.25) is 0 Å². The number of amides is 1. The first-order chi connectivity index (χ1) is 15.9. The molecule has 0 saturated carbocycles. The normalized spacial score (nSPS) is 11.3. The highest BCUT2D eigenvalue weighted by Gasteiger charge is 2.22. The number of fused-ring (bicyclic) bond motifs is 1. The summed E-state index contributed by atoms with van der Waals surface area (Å²) in [6.45, 7) is 2.33. The highest BCUT2D eigenvalue weighted by atomic mass is 32.2. The Morgan fingerprint density at radius 2 is 1.79 bits per heavy atom. The molecule has 0 aliphatic rings. The lowest BCUT2D eigenvalue weighted by Gasteiger charge is -2.13. The van der Waals surface area contributed by atoms with Crippen molar-refractivity contribution >= 4 is 32.5 Å². The van der Waals surface area contributed by atoms with Crippen molar-refractivity contribution in [2.75, 3.05) is 18.4 Å². The minimum atomic E-state index is -3.96. The van der Waals surface area contributed by atoms with Crippen LogP contribution >= 0.6 is 0 Å². The summed E-state index contributed by atoms with van der Waals surface area (Å²) in [6.07, 6.45) is 2.58. The summed E-state index contributed by atoms with van der Waals surface area (Å²) < 4.78 is 33.8. The van der Waals surface area contributed by atoms with E-state index in [2.05, 4.69) is 15.0 Å². The number of rotatable bonds is 8. The monoisotopic (exact) mass is 463 g/mol. The number of ether oxygens (including phenoxy) is 1. The van der Waals surface area contributed by atoms with Gasteiger partial charge < -0.3 is 15.0 Å². The number of aromatic amines is 1. The second-order valence-electron chi connectivity index (χ2n) is 7.70. The standard InChI is InChI=1S/C25H25N3O4S/c1-17-7-10-20(11-8-17)28-33(30,31)24-15-18(9-12-23(24)32-2)25(29)26-14-13-19-16-27-22-6-4-3-5-21(19)22/h3-12,15-16,27-28H,13-14H2,1-2H3,(H,26,29). The zero-order valence-corrected chi connectivity index (χ0v) is 19.2. The highest BCUT2D eigenvalue weighted by Crippen LogP contribution is 2.27. The Labute approximate surface area is 192 Å². The van der Waals surface area contributed by atoms with Crippen LogP contribution in [0.3, 0.4) is 0 Å². The van der Waals surface area contributed by atoms with E-state index in [0.29, 0.717) is 18.7 Å². The maximum Gasteiger partial charge on any atom is 0.265 e. The summed E-state index contributed by atoms with van der Waals surface area (Å²) in [5, 5.41) is 3.98. The Bertz CT molecular complexity index is 1390. The van der Waals surface area contributed by atoms with Crippen LogP contribution in [-0.4, -0.2) is 33.0 Å². The van der Waals surface area contributed by atoms with Crippen LogP contribution < -0.4 is 14.8 Å². The molecule has 0 fully saturated rings. The number of carbonyl (C=O) groups excluding carboxylic acids is 1. The Kier molecular flexibility index (Phi) is 6.37. The highest BCUT2D eigenvalue weighted by molar-refractivity contribution is 7.92. The van der Waals surface area contributed by atoms with E-state index in [9.17, 15) is 13.2 Å². The number of hydrogen-bond donors (Lipinski definition) is 3. The largest absolute Gasteiger partial charge is 0.495 e. The molecule has 0 spiro atoms. The Morgan fingerprint density at radius 1 is 1.03 bits per heavy atom. The second-order valence-corrected chi connectivity index (χ2v) is 9.35. The molecule has 0 aliphatic heterocycles. The van der Waals surface area contributed by atoms with Crippen LogP contribution in [0.4, 0.5) is 5.69 Å². The third-order valence-corrected chi connectivity index (χ3v) is 6.78. The van der Waals surface area contributed by atoms with Crippen molar-refractivity contribution < 1.29 is 17.9 Å². The van der Waals surface area contributed by atoms with Crippen molar-refractivity contribution in [2.45, 2.75) is 18.2 Å². The number of hydrogen-bond acceptors (Lipinski definition) is 4. The average molecular weight is 464 g/mol. The zero-order chi connectivity index (χ0) is 23.4. The second kappa shape index (κ2) is 9.38. The molecule has 170 valence electrons. The fourth-order valence-corrected chi connectivity index (χ4v) is 4.87. The molecule has 0 unspecified atom stereocenters. The molecule has 0 radical (unpaired) electrons. The number of H-pyrrole nitrogens is 1. The van der Waals surface area contributed by atoms with Gasteiger partial charge in [-0.25, -0.2) is 8.42 Å². The van der Waals surface area contributed by atoms with Crippen molar-refractivity contribution in [1.82, 2.24) is 10.3 Å². The van der Waals surface area contributed by atoms with Crippen LogP contribution in [0.1, 0.15) is 21.5 Å². The first-order valence-electron chi connectivity index (χ1n) is 10.5. The lowest BCUT2D eigenvalue weighted by molar-refractivity contribution is 0.0954. The molecule has 0 saturated heterocycles. The van der Waals surface area contributed by atoms with Crippen molar-refractivity contribution in [1.29, 1.82) is 0 Å². The van der Waals surface area contributed by atoms with Gasteiger partial charge in [-0.1, -0.05) is 35.9 Å². The molecule has 4 aromatic rings. The third kappa shape index (κ3) is 5.01. The van der Waals surface area contributed by atoms with Gasteiger partial charge in [0, 0.05) is 34.9 Å². The molecule has 0 aliphatic carbocycles. The van der Waals surface area contributed by atoms with Crippen LogP contribution in [-0.2, 0) is 16.4 Å². The van der Waals surface area contributed by atoms with E-state index in [1.54, 1.807) is 18.2 Å². The predicted octanol–water partition coefficient (Wildman–Crippen LogP) is 4.26. The van der Waals surface area contributed by atoms with E-state index in [1.165, 1.54) is 19.2 Å². The van der Waals surface area contributed by atoms with Gasteiger partial charge in [0.1, 0.15) is 10.6 Å². The summed E-state index contributed by atoms with van der Waals surface area (Å²) in [5.74, 6) is -0.200. The van der Waals surface area contributed by atoms with Gasteiger partial charge in [0.15, 0.2) is 0 Å². The van der Waals surface area contributed by atoms with Crippen molar-refractivity contribution in [3.8, 4) is 5.75 Å². The number of para-hydroxylation sites is 1. The average Bonchev–Trinajstić information content (AvgIpc) is 3.23. The maximum atomic E-state index is 13.0. The number of anilines is 1. The van der Waals surface area contributed by atoms with Gasteiger partial charge in [-0.2, -0.15) is 0 Å². The van der Waals surface area contributed by atoms with Gasteiger partial charge in [-0.15, -0.1) is 0 Å². The first-order valence-corrected chi connectivity index (χ1v) is 12.0. The summed E-state index contributed by atoms with van der Waals surface area (Å²) in [7, 11) is -2.57. The summed E-state index contributed by atoms with van der Waals surface area (Å²) >= 11 is 0. The molecule has 3 aromatic carbocycles. The number of nitrogens with one attached hydrogen (secondary N) is 3. The fourth-order valence-electron chi connectivity index (χ4n) is 3.61. The van der Waals surface area contributed by atoms with Crippen LogP contribution in [0.25, 0.3) is 10.9 Å². The number of aromatic nitrogens is 1. The van der Waals surface area contributed by atoms with Crippen LogP contribution in [0.5, 0.6) is 5.75 Å². The molecule has 1 aromatic heterocycles. The smallest absolute Gasteiger partial charge is 0.265 e. The van der Waals surface area contributed by atoms with Gasteiger partial charge >= 0.3 is 0 Å². The molecule has 8 heteroatoms. The maximum absolute atomic E-state index is 13.0. The van der Waals surface area contributed by atoms with E-state index in [0.717, 1.165) is 22.0 Å². The molecule has 1 amide bonds. The third-order valence-electron chi connectivity index (χ3n) is 5.37. The molecule has 33 heavy (non-hydrogen) atoms. The van der Waals surface area contributed by atoms with Gasteiger partial charge in [-0.05, 0) is 55.3 Å². The summed E-state index contributed by atoms with van der Waals surface area (Å²) in [5.41, 5.74) is 3.83. The fraction of sp³-hybridized carbons (Fsp3) is 0.160. The Morgan fingerprint density at radius 3 is 2.55 bits per heavy atom. The van der Waals surface area contributed by atoms with Crippen molar-refractivity contribution in [2.24, 2.45) is 0 Å². The molecular formula is C25H25N3O4S. The number of aryl methyl sites for hydroxylation is 1. The Balaban J connectivity index is 1.49. The van der Waals surface area contributed by atoms with Crippen LogP contribution in [0, 0.1) is 6.92 Å². The van der Waals surface area contributed by atoms with Gasteiger partial charge in [0.2, 0.25) is 0 Å². The molecule has 0 atom stereocenters. The van der Waals surface area contributed by atoms with E-state index in [-0.39, 0.29) is 22.1 Å². The van der Waals surface area contributed by atoms with E-state index in [4.69, 9.17) is 4.74 Å². The Hall–Kier alpha value is -3.78. The summed E-state index contributed by atoms with van der Waals surface area (Å²) in [4.78, 5) is 15.9. The first kappa shape index (κ1) is 22.4. The van der Waals surface area contributed by atoms with Crippen molar-refractivity contribution in [3.63, 3.8) is 0 Å². The minimum Gasteiger partial charge on any atom is -0.495 e. The lowest BCUT2D eigenvalue weighted by Crippen LogP contribution is -2.26. The van der Waals surface area contributed by atoms with E-state index < -0.39 is 10.0 Å². The lowest BCUT2D eigenvalue weighted by atomic mass is 10.1. The van der Waals surface area contributed by atoms with Gasteiger partial charge in [0.05, 0.1) is 7.11 Å². The topological polar surface area (TPSA) is 100 Å².